The summed E-state index contributed by atoms with van der Waals surface area (Å²) in [5.41, 5.74) is 0.654. The molecule has 3 aliphatic heterocycles. The molecule has 7 nitrogen and oxygen atoms in total. The monoisotopic (exact) mass is 408 g/mol. The number of amides is 1. The van der Waals surface area contributed by atoms with E-state index >= 15 is 0 Å². The second-order valence-corrected chi connectivity index (χ2v) is 10.1. The van der Waals surface area contributed by atoms with Crippen LogP contribution in [-0.2, 0) is 14.6 Å². The van der Waals surface area contributed by atoms with Crippen molar-refractivity contribution in [2.45, 2.75) is 31.4 Å². The molecular formula is C20H28N2O5S. The average molecular weight is 409 g/mol. The number of nitrogens with zero attached hydrogens (tertiary/aromatic N) is 2. The van der Waals surface area contributed by atoms with E-state index in [1.807, 2.05) is 29.2 Å². The second-order valence-electron chi connectivity index (χ2n) is 7.86. The molecule has 154 valence electrons. The first-order valence-electron chi connectivity index (χ1n) is 10.1. The molecule has 3 aliphatic rings. The third-order valence-electron chi connectivity index (χ3n) is 5.89. The first-order chi connectivity index (χ1) is 13.5. The van der Waals surface area contributed by atoms with Gasteiger partial charge in [0.25, 0.3) is 5.91 Å². The van der Waals surface area contributed by atoms with Crippen molar-refractivity contribution in [2.75, 3.05) is 50.9 Å². The Morgan fingerprint density at radius 2 is 1.86 bits per heavy atom. The number of carbonyl (C=O) groups excluding carboxylic acids is 1. The molecule has 0 unspecified atom stereocenters. The first-order valence-corrected chi connectivity index (χ1v) is 11.9. The second kappa shape index (κ2) is 8.39. The zero-order chi connectivity index (χ0) is 19.6. The highest BCUT2D eigenvalue weighted by atomic mass is 32.2. The normalized spacial score (nSPS) is 27.8. The van der Waals surface area contributed by atoms with Gasteiger partial charge in [0, 0.05) is 44.4 Å². The van der Waals surface area contributed by atoms with E-state index in [1.165, 1.54) is 0 Å². The fourth-order valence-electron chi connectivity index (χ4n) is 4.19. The summed E-state index contributed by atoms with van der Waals surface area (Å²) in [6.45, 7) is 4.08. The van der Waals surface area contributed by atoms with Gasteiger partial charge in [-0.1, -0.05) is 0 Å². The van der Waals surface area contributed by atoms with E-state index in [0.29, 0.717) is 31.7 Å². The number of ether oxygens (including phenoxy) is 2. The SMILES string of the molecule is O=C(c1ccc(OC[C@H]2CCCO2)cc1)N1CCN([C@@H]2CCS(=O)(=O)C2)CC1. The van der Waals surface area contributed by atoms with Gasteiger partial charge in [-0.05, 0) is 43.5 Å². The predicted molar refractivity (Wildman–Crippen MR) is 105 cm³/mol. The van der Waals surface area contributed by atoms with Crippen molar-refractivity contribution in [3.63, 3.8) is 0 Å². The summed E-state index contributed by atoms with van der Waals surface area (Å²) in [6, 6.07) is 7.40. The van der Waals surface area contributed by atoms with Gasteiger partial charge in [0.05, 0.1) is 17.6 Å². The lowest BCUT2D eigenvalue weighted by molar-refractivity contribution is 0.0587. The molecule has 0 bridgehead atoms. The van der Waals surface area contributed by atoms with Gasteiger partial charge < -0.3 is 14.4 Å². The summed E-state index contributed by atoms with van der Waals surface area (Å²) in [5, 5.41) is 0. The zero-order valence-electron chi connectivity index (χ0n) is 16.1. The van der Waals surface area contributed by atoms with Crippen molar-refractivity contribution >= 4 is 15.7 Å². The minimum absolute atomic E-state index is 0.0179. The summed E-state index contributed by atoms with van der Waals surface area (Å²) >= 11 is 0. The Kier molecular flexibility index (Phi) is 5.89. The van der Waals surface area contributed by atoms with Crippen molar-refractivity contribution in [1.82, 2.24) is 9.80 Å². The van der Waals surface area contributed by atoms with Crippen LogP contribution in [0.25, 0.3) is 0 Å². The molecule has 4 rings (SSSR count). The fraction of sp³-hybridized carbons (Fsp3) is 0.650. The van der Waals surface area contributed by atoms with E-state index in [9.17, 15) is 13.2 Å². The van der Waals surface area contributed by atoms with Crippen molar-refractivity contribution in [1.29, 1.82) is 0 Å². The van der Waals surface area contributed by atoms with Gasteiger partial charge in [0.2, 0.25) is 0 Å². The van der Waals surface area contributed by atoms with Crippen LogP contribution in [0.5, 0.6) is 5.75 Å². The Labute approximate surface area is 166 Å². The fourth-order valence-corrected chi connectivity index (χ4v) is 5.96. The van der Waals surface area contributed by atoms with Crippen LogP contribution < -0.4 is 4.74 Å². The van der Waals surface area contributed by atoms with Crippen LogP contribution in [0, 0.1) is 0 Å². The van der Waals surface area contributed by atoms with Crippen molar-refractivity contribution in [2.24, 2.45) is 0 Å². The minimum atomic E-state index is -2.87. The molecule has 0 N–H and O–H groups in total. The quantitative estimate of drug-likeness (QED) is 0.729. The van der Waals surface area contributed by atoms with E-state index in [2.05, 4.69) is 4.90 Å². The van der Waals surface area contributed by atoms with E-state index in [-0.39, 0.29) is 29.6 Å². The highest BCUT2D eigenvalue weighted by Gasteiger charge is 2.34. The number of hydrogen-bond acceptors (Lipinski definition) is 6. The summed E-state index contributed by atoms with van der Waals surface area (Å²) < 4.78 is 34.7. The minimum Gasteiger partial charge on any atom is -0.491 e. The molecule has 0 aliphatic carbocycles. The van der Waals surface area contributed by atoms with Gasteiger partial charge in [0.15, 0.2) is 9.84 Å². The lowest BCUT2D eigenvalue weighted by Crippen LogP contribution is -2.52. The molecule has 1 amide bonds. The molecule has 3 fully saturated rings. The number of piperazine rings is 1. The molecule has 28 heavy (non-hydrogen) atoms. The smallest absolute Gasteiger partial charge is 0.253 e. The molecule has 0 saturated carbocycles. The lowest BCUT2D eigenvalue weighted by Gasteiger charge is -2.37. The summed E-state index contributed by atoms with van der Waals surface area (Å²) in [6.07, 6.45) is 3.01. The number of sulfone groups is 1. The van der Waals surface area contributed by atoms with Crippen molar-refractivity contribution in [3.8, 4) is 5.75 Å². The first kappa shape index (κ1) is 19.7. The molecule has 1 aromatic rings. The molecular weight excluding hydrogens is 380 g/mol. The van der Waals surface area contributed by atoms with Gasteiger partial charge in [-0.25, -0.2) is 8.42 Å². The standard InChI is InChI=1S/C20H28N2O5S/c23-20(16-3-5-18(6-4-16)27-14-19-2-1-12-26-19)22-10-8-21(9-11-22)17-7-13-28(24,25)15-17/h3-6,17,19H,1-2,7-15H2/t17-,19-/m1/s1. The third kappa shape index (κ3) is 4.67. The third-order valence-corrected chi connectivity index (χ3v) is 7.64. The van der Waals surface area contributed by atoms with Gasteiger partial charge in [0.1, 0.15) is 12.4 Å². The van der Waals surface area contributed by atoms with Crippen LogP contribution in [0.3, 0.4) is 0 Å². The van der Waals surface area contributed by atoms with Crippen LogP contribution in [0.15, 0.2) is 24.3 Å². The van der Waals surface area contributed by atoms with Crippen LogP contribution in [0.2, 0.25) is 0 Å². The molecule has 3 saturated heterocycles. The van der Waals surface area contributed by atoms with Gasteiger partial charge in [-0.3, -0.25) is 9.69 Å². The molecule has 0 radical (unpaired) electrons. The highest BCUT2D eigenvalue weighted by Crippen LogP contribution is 2.21. The maximum Gasteiger partial charge on any atom is 0.253 e. The number of carbonyl (C=O) groups is 1. The molecule has 0 aromatic heterocycles. The number of benzene rings is 1. The Hall–Kier alpha value is -1.64. The molecule has 1 aromatic carbocycles. The maximum absolute atomic E-state index is 12.8. The van der Waals surface area contributed by atoms with Gasteiger partial charge >= 0.3 is 0 Å². The molecule has 0 spiro atoms. The van der Waals surface area contributed by atoms with Gasteiger partial charge in [-0.15, -0.1) is 0 Å². The van der Waals surface area contributed by atoms with E-state index in [0.717, 1.165) is 38.3 Å². The summed E-state index contributed by atoms with van der Waals surface area (Å²) in [4.78, 5) is 16.8. The average Bonchev–Trinajstić information content (AvgIpc) is 3.36. The summed E-state index contributed by atoms with van der Waals surface area (Å²) in [7, 11) is -2.87. The molecule has 8 heteroatoms. The largest absolute Gasteiger partial charge is 0.491 e. The summed E-state index contributed by atoms with van der Waals surface area (Å²) in [5.74, 6) is 1.32. The van der Waals surface area contributed by atoms with E-state index in [1.54, 1.807) is 0 Å². The Balaban J connectivity index is 1.26. The zero-order valence-corrected chi connectivity index (χ0v) is 16.9. The Morgan fingerprint density at radius 1 is 1.11 bits per heavy atom. The van der Waals surface area contributed by atoms with Gasteiger partial charge in [-0.2, -0.15) is 0 Å². The van der Waals surface area contributed by atoms with Crippen LogP contribution >= 0.6 is 0 Å². The Morgan fingerprint density at radius 3 is 2.46 bits per heavy atom. The van der Waals surface area contributed by atoms with Crippen molar-refractivity contribution in [3.05, 3.63) is 29.8 Å². The van der Waals surface area contributed by atoms with Crippen LogP contribution in [-0.4, -0.2) is 87.2 Å². The van der Waals surface area contributed by atoms with Crippen molar-refractivity contribution < 1.29 is 22.7 Å². The Bertz CT molecular complexity index is 781. The lowest BCUT2D eigenvalue weighted by atomic mass is 10.1. The maximum atomic E-state index is 12.8. The topological polar surface area (TPSA) is 76.2 Å². The molecule has 3 heterocycles. The van der Waals surface area contributed by atoms with E-state index < -0.39 is 9.84 Å². The number of rotatable bonds is 5. The van der Waals surface area contributed by atoms with Crippen LogP contribution in [0.1, 0.15) is 29.6 Å². The number of hydrogen-bond donors (Lipinski definition) is 0. The molecule has 2 atom stereocenters. The van der Waals surface area contributed by atoms with E-state index in [4.69, 9.17) is 9.47 Å². The predicted octanol–water partition coefficient (Wildman–Crippen LogP) is 1.19. The van der Waals surface area contributed by atoms with Crippen LogP contribution in [0.4, 0.5) is 0 Å². The highest BCUT2D eigenvalue weighted by molar-refractivity contribution is 7.91.